The standard InChI is InChI=1S/C16H22ClN5O.HI/c1-4-11(3)20-16(18-5-2)19-10-14-21-15(22-23-14)12-6-8-13(17)9-7-12;/h6-9,11H,4-5,10H2,1-3H3,(H2,18,19,20);1H. The number of hydrogen-bond donors (Lipinski definition) is 2. The molecule has 8 heteroatoms. The second kappa shape index (κ2) is 10.5. The lowest BCUT2D eigenvalue weighted by molar-refractivity contribution is 0.380. The molecule has 132 valence electrons. The lowest BCUT2D eigenvalue weighted by Crippen LogP contribution is -2.41. The first kappa shape index (κ1) is 20.7. The molecule has 1 atom stereocenters. The van der Waals surface area contributed by atoms with E-state index >= 15 is 0 Å². The van der Waals surface area contributed by atoms with E-state index in [9.17, 15) is 0 Å². The molecule has 0 amide bonds. The number of nitrogens with one attached hydrogen (secondary N) is 2. The molecular formula is C16H23ClIN5O. The van der Waals surface area contributed by atoms with Crippen LogP contribution in [0.2, 0.25) is 5.02 Å². The van der Waals surface area contributed by atoms with Crippen LogP contribution < -0.4 is 10.6 Å². The molecule has 0 saturated heterocycles. The van der Waals surface area contributed by atoms with E-state index in [1.807, 2.05) is 19.1 Å². The fourth-order valence-electron chi connectivity index (χ4n) is 1.84. The quantitative estimate of drug-likeness (QED) is 0.386. The minimum atomic E-state index is 0. The van der Waals surface area contributed by atoms with Crippen LogP contribution in [0.25, 0.3) is 11.4 Å². The van der Waals surface area contributed by atoms with E-state index < -0.39 is 0 Å². The number of halogens is 2. The maximum absolute atomic E-state index is 5.88. The van der Waals surface area contributed by atoms with Gasteiger partial charge in [-0.15, -0.1) is 24.0 Å². The first-order chi connectivity index (χ1) is 11.1. The van der Waals surface area contributed by atoms with Crippen LogP contribution in [0.4, 0.5) is 0 Å². The van der Waals surface area contributed by atoms with Gasteiger partial charge in [0.05, 0.1) is 0 Å². The Morgan fingerprint density at radius 1 is 1.29 bits per heavy atom. The van der Waals surface area contributed by atoms with E-state index in [0.29, 0.717) is 29.3 Å². The Bertz CT molecular complexity index is 644. The molecule has 0 aliphatic carbocycles. The third kappa shape index (κ3) is 6.27. The summed E-state index contributed by atoms with van der Waals surface area (Å²) in [4.78, 5) is 8.83. The normalized spacial score (nSPS) is 12.4. The zero-order valence-electron chi connectivity index (χ0n) is 14.0. The van der Waals surface area contributed by atoms with Crippen LogP contribution in [0.3, 0.4) is 0 Å². The topological polar surface area (TPSA) is 75.3 Å². The summed E-state index contributed by atoms with van der Waals surface area (Å²) in [6.45, 7) is 7.38. The number of guanidine groups is 1. The van der Waals surface area contributed by atoms with Crippen LogP contribution in [0.1, 0.15) is 33.1 Å². The third-order valence-corrected chi connectivity index (χ3v) is 3.53. The van der Waals surface area contributed by atoms with Gasteiger partial charge in [-0.3, -0.25) is 0 Å². The predicted molar refractivity (Wildman–Crippen MR) is 108 cm³/mol. The highest BCUT2D eigenvalue weighted by Gasteiger charge is 2.09. The molecule has 24 heavy (non-hydrogen) atoms. The summed E-state index contributed by atoms with van der Waals surface area (Å²) >= 11 is 5.88. The SMILES string of the molecule is CCNC(=NCc1nc(-c2ccc(Cl)cc2)no1)NC(C)CC.I. The molecule has 2 N–H and O–H groups in total. The second-order valence-corrected chi connectivity index (χ2v) is 5.60. The summed E-state index contributed by atoms with van der Waals surface area (Å²) in [7, 11) is 0. The second-order valence-electron chi connectivity index (χ2n) is 5.17. The van der Waals surface area contributed by atoms with E-state index in [0.717, 1.165) is 24.5 Å². The van der Waals surface area contributed by atoms with Crippen LogP contribution in [0.15, 0.2) is 33.8 Å². The summed E-state index contributed by atoms with van der Waals surface area (Å²) < 4.78 is 5.25. The molecule has 2 aromatic rings. The van der Waals surface area contributed by atoms with Gasteiger partial charge in [0.1, 0.15) is 6.54 Å². The molecule has 1 aromatic heterocycles. The van der Waals surface area contributed by atoms with Crippen LogP contribution >= 0.6 is 35.6 Å². The molecular weight excluding hydrogens is 441 g/mol. The van der Waals surface area contributed by atoms with Gasteiger partial charge >= 0.3 is 0 Å². The van der Waals surface area contributed by atoms with Crippen molar-refractivity contribution in [3.63, 3.8) is 0 Å². The number of hydrogen-bond acceptors (Lipinski definition) is 4. The first-order valence-corrected chi connectivity index (χ1v) is 8.13. The summed E-state index contributed by atoms with van der Waals surface area (Å²) in [5.41, 5.74) is 0.859. The Morgan fingerprint density at radius 2 is 2.00 bits per heavy atom. The van der Waals surface area contributed by atoms with Crippen molar-refractivity contribution < 1.29 is 4.52 Å². The Balaban J connectivity index is 0.00000288. The zero-order chi connectivity index (χ0) is 16.7. The fourth-order valence-corrected chi connectivity index (χ4v) is 1.96. The molecule has 0 aliphatic rings. The average Bonchev–Trinajstić information content (AvgIpc) is 3.02. The van der Waals surface area contributed by atoms with Crippen molar-refractivity contribution >= 4 is 41.5 Å². The maximum atomic E-state index is 5.88. The monoisotopic (exact) mass is 463 g/mol. The molecule has 2 rings (SSSR count). The van der Waals surface area contributed by atoms with Gasteiger partial charge in [0.25, 0.3) is 0 Å². The van der Waals surface area contributed by atoms with E-state index in [1.165, 1.54) is 0 Å². The van der Waals surface area contributed by atoms with Crippen molar-refractivity contribution in [3.05, 3.63) is 35.2 Å². The lowest BCUT2D eigenvalue weighted by atomic mass is 10.2. The largest absolute Gasteiger partial charge is 0.357 e. The van der Waals surface area contributed by atoms with Gasteiger partial charge < -0.3 is 15.2 Å². The van der Waals surface area contributed by atoms with Gasteiger partial charge in [-0.1, -0.05) is 23.7 Å². The Morgan fingerprint density at radius 3 is 2.62 bits per heavy atom. The van der Waals surface area contributed by atoms with E-state index in [1.54, 1.807) is 12.1 Å². The summed E-state index contributed by atoms with van der Waals surface area (Å²) in [6, 6.07) is 7.65. The van der Waals surface area contributed by atoms with Crippen LogP contribution in [0, 0.1) is 0 Å². The number of nitrogens with zero attached hydrogens (tertiary/aromatic N) is 3. The maximum Gasteiger partial charge on any atom is 0.248 e. The van der Waals surface area contributed by atoms with E-state index in [4.69, 9.17) is 16.1 Å². The Kier molecular flexibility index (Phi) is 9.05. The van der Waals surface area contributed by atoms with Crippen molar-refractivity contribution in [2.24, 2.45) is 4.99 Å². The smallest absolute Gasteiger partial charge is 0.248 e. The molecule has 0 aliphatic heterocycles. The van der Waals surface area contributed by atoms with Crippen molar-refractivity contribution in [1.29, 1.82) is 0 Å². The van der Waals surface area contributed by atoms with Gasteiger partial charge in [-0.05, 0) is 44.5 Å². The summed E-state index contributed by atoms with van der Waals surface area (Å²) in [5.74, 6) is 1.75. The fraction of sp³-hybridized carbons (Fsp3) is 0.438. The molecule has 1 unspecified atom stereocenters. The van der Waals surface area contributed by atoms with Gasteiger partial charge in [0, 0.05) is 23.2 Å². The van der Waals surface area contributed by atoms with Crippen molar-refractivity contribution in [1.82, 2.24) is 20.8 Å². The lowest BCUT2D eigenvalue weighted by Gasteiger charge is -2.15. The molecule has 0 radical (unpaired) electrons. The molecule has 0 spiro atoms. The van der Waals surface area contributed by atoms with Crippen LogP contribution in [-0.2, 0) is 6.54 Å². The first-order valence-electron chi connectivity index (χ1n) is 7.75. The summed E-state index contributed by atoms with van der Waals surface area (Å²) in [6.07, 6.45) is 1.02. The molecule has 0 bridgehead atoms. The number of aromatic nitrogens is 2. The summed E-state index contributed by atoms with van der Waals surface area (Å²) in [5, 5.41) is 11.2. The highest BCUT2D eigenvalue weighted by atomic mass is 127. The van der Waals surface area contributed by atoms with Crippen molar-refractivity contribution in [3.8, 4) is 11.4 Å². The number of aliphatic imine (C=N–C) groups is 1. The minimum absolute atomic E-state index is 0. The van der Waals surface area contributed by atoms with Gasteiger partial charge in [-0.25, -0.2) is 4.99 Å². The van der Waals surface area contributed by atoms with Gasteiger partial charge in [0.15, 0.2) is 5.96 Å². The van der Waals surface area contributed by atoms with E-state index in [-0.39, 0.29) is 24.0 Å². The average molecular weight is 464 g/mol. The number of benzene rings is 1. The molecule has 0 fully saturated rings. The number of rotatable bonds is 6. The Labute approximate surface area is 164 Å². The van der Waals surface area contributed by atoms with Crippen LogP contribution in [-0.4, -0.2) is 28.7 Å². The molecule has 6 nitrogen and oxygen atoms in total. The predicted octanol–water partition coefficient (Wildman–Crippen LogP) is 3.86. The van der Waals surface area contributed by atoms with Crippen LogP contribution in [0.5, 0.6) is 0 Å². The molecule has 1 aromatic carbocycles. The minimum Gasteiger partial charge on any atom is -0.357 e. The van der Waals surface area contributed by atoms with Gasteiger partial charge in [-0.2, -0.15) is 4.98 Å². The van der Waals surface area contributed by atoms with Gasteiger partial charge in [0.2, 0.25) is 11.7 Å². The van der Waals surface area contributed by atoms with Crippen molar-refractivity contribution in [2.45, 2.75) is 39.8 Å². The van der Waals surface area contributed by atoms with Crippen molar-refractivity contribution in [2.75, 3.05) is 6.54 Å². The zero-order valence-corrected chi connectivity index (χ0v) is 17.1. The molecule has 1 heterocycles. The molecule has 0 saturated carbocycles. The highest BCUT2D eigenvalue weighted by Crippen LogP contribution is 2.18. The van der Waals surface area contributed by atoms with E-state index in [2.05, 4.69) is 39.6 Å². The Hall–Kier alpha value is -1.35. The highest BCUT2D eigenvalue weighted by molar-refractivity contribution is 14.0. The third-order valence-electron chi connectivity index (χ3n) is 3.28.